The smallest absolute Gasteiger partial charge is 0.220 e. The molecule has 0 unspecified atom stereocenters. The number of hydrogen-bond acceptors (Lipinski definition) is 1. The Labute approximate surface area is 108 Å². The zero-order valence-corrected chi connectivity index (χ0v) is 10.6. The second-order valence-corrected chi connectivity index (χ2v) is 5.08. The predicted molar refractivity (Wildman–Crippen MR) is 69.7 cm³/mol. The molecule has 1 fully saturated rings. The highest BCUT2D eigenvalue weighted by atomic mass is 19.1. The van der Waals surface area contributed by atoms with Crippen LogP contribution in [0.3, 0.4) is 0 Å². The molecule has 0 heterocycles. The lowest BCUT2D eigenvalue weighted by molar-refractivity contribution is -0.121. The number of rotatable bonds is 5. The average molecular weight is 249 g/mol. The minimum atomic E-state index is -0.219. The maximum absolute atomic E-state index is 12.7. The quantitative estimate of drug-likeness (QED) is 0.853. The van der Waals surface area contributed by atoms with Crippen LogP contribution in [0.4, 0.5) is 4.39 Å². The molecule has 3 heteroatoms. The molecular formula is C15H20FNO. The van der Waals surface area contributed by atoms with Gasteiger partial charge in [0.05, 0.1) is 0 Å². The van der Waals surface area contributed by atoms with Crippen LogP contribution in [0.25, 0.3) is 0 Å². The van der Waals surface area contributed by atoms with Crippen molar-refractivity contribution in [3.8, 4) is 0 Å². The van der Waals surface area contributed by atoms with E-state index in [1.807, 2.05) is 0 Å². The van der Waals surface area contributed by atoms with E-state index in [9.17, 15) is 9.18 Å². The van der Waals surface area contributed by atoms with Gasteiger partial charge in [-0.3, -0.25) is 4.79 Å². The molecule has 18 heavy (non-hydrogen) atoms. The van der Waals surface area contributed by atoms with E-state index in [2.05, 4.69) is 5.32 Å². The van der Waals surface area contributed by atoms with Crippen LogP contribution in [-0.2, 0) is 11.2 Å². The Balaban J connectivity index is 1.65. The number of carbonyl (C=O) groups is 1. The number of hydrogen-bond donors (Lipinski definition) is 1. The van der Waals surface area contributed by atoms with Crippen molar-refractivity contribution in [2.24, 2.45) is 5.92 Å². The Morgan fingerprint density at radius 1 is 1.22 bits per heavy atom. The van der Waals surface area contributed by atoms with E-state index in [-0.39, 0.29) is 11.7 Å². The third kappa shape index (κ3) is 4.13. The number of nitrogens with one attached hydrogen (secondary N) is 1. The SMILES string of the molecule is O=C(CC1CCCC1)NCCc1ccc(F)cc1. The van der Waals surface area contributed by atoms with E-state index in [0.717, 1.165) is 12.0 Å². The van der Waals surface area contributed by atoms with Crippen molar-refractivity contribution in [3.63, 3.8) is 0 Å². The van der Waals surface area contributed by atoms with Gasteiger partial charge in [0.2, 0.25) is 5.91 Å². The van der Waals surface area contributed by atoms with Gasteiger partial charge in [-0.05, 0) is 42.9 Å². The summed E-state index contributed by atoms with van der Waals surface area (Å²) < 4.78 is 12.7. The normalized spacial score (nSPS) is 15.8. The number of benzene rings is 1. The number of amides is 1. The lowest BCUT2D eigenvalue weighted by Gasteiger charge is -2.09. The second kappa shape index (κ2) is 6.53. The van der Waals surface area contributed by atoms with Crippen LogP contribution in [0.1, 0.15) is 37.7 Å². The van der Waals surface area contributed by atoms with Gasteiger partial charge in [0, 0.05) is 13.0 Å². The van der Waals surface area contributed by atoms with Crippen molar-refractivity contribution in [1.29, 1.82) is 0 Å². The first-order chi connectivity index (χ1) is 8.74. The molecule has 1 aliphatic rings. The molecule has 2 rings (SSSR count). The van der Waals surface area contributed by atoms with Crippen LogP contribution in [0.2, 0.25) is 0 Å². The zero-order valence-electron chi connectivity index (χ0n) is 10.6. The van der Waals surface area contributed by atoms with E-state index < -0.39 is 0 Å². The maximum Gasteiger partial charge on any atom is 0.220 e. The van der Waals surface area contributed by atoms with Crippen LogP contribution >= 0.6 is 0 Å². The third-order valence-electron chi connectivity index (χ3n) is 3.60. The van der Waals surface area contributed by atoms with Crippen LogP contribution in [0, 0.1) is 11.7 Å². The Morgan fingerprint density at radius 2 is 1.89 bits per heavy atom. The molecule has 1 saturated carbocycles. The minimum absolute atomic E-state index is 0.156. The van der Waals surface area contributed by atoms with Gasteiger partial charge in [0.1, 0.15) is 5.82 Å². The first kappa shape index (κ1) is 13.1. The van der Waals surface area contributed by atoms with Gasteiger partial charge < -0.3 is 5.32 Å². The van der Waals surface area contributed by atoms with Gasteiger partial charge >= 0.3 is 0 Å². The predicted octanol–water partition coefficient (Wildman–Crippen LogP) is 3.06. The molecule has 0 aromatic heterocycles. The summed E-state index contributed by atoms with van der Waals surface area (Å²) in [6.07, 6.45) is 6.37. The summed E-state index contributed by atoms with van der Waals surface area (Å²) >= 11 is 0. The fraction of sp³-hybridized carbons (Fsp3) is 0.533. The van der Waals surface area contributed by atoms with Gasteiger partial charge in [-0.2, -0.15) is 0 Å². The van der Waals surface area contributed by atoms with E-state index in [0.29, 0.717) is 18.9 Å². The lowest BCUT2D eigenvalue weighted by Crippen LogP contribution is -2.27. The average Bonchev–Trinajstić information content (AvgIpc) is 2.84. The highest BCUT2D eigenvalue weighted by molar-refractivity contribution is 5.76. The molecule has 0 atom stereocenters. The summed E-state index contributed by atoms with van der Waals surface area (Å²) in [5, 5.41) is 2.94. The molecule has 1 aliphatic carbocycles. The second-order valence-electron chi connectivity index (χ2n) is 5.08. The number of halogens is 1. The van der Waals surface area contributed by atoms with E-state index >= 15 is 0 Å². The van der Waals surface area contributed by atoms with E-state index in [1.165, 1.54) is 37.8 Å². The van der Waals surface area contributed by atoms with Gasteiger partial charge in [-0.15, -0.1) is 0 Å². The summed E-state index contributed by atoms with van der Waals surface area (Å²) in [6, 6.07) is 6.43. The van der Waals surface area contributed by atoms with Crippen molar-refractivity contribution in [2.75, 3.05) is 6.54 Å². The van der Waals surface area contributed by atoms with Gasteiger partial charge in [-0.25, -0.2) is 4.39 Å². The molecule has 1 N–H and O–H groups in total. The molecular weight excluding hydrogens is 229 g/mol. The maximum atomic E-state index is 12.7. The molecule has 2 nitrogen and oxygen atoms in total. The van der Waals surface area contributed by atoms with Gasteiger partial charge in [0.25, 0.3) is 0 Å². The van der Waals surface area contributed by atoms with Crippen LogP contribution in [-0.4, -0.2) is 12.5 Å². The van der Waals surface area contributed by atoms with E-state index in [1.54, 1.807) is 12.1 Å². The largest absolute Gasteiger partial charge is 0.356 e. The number of carbonyl (C=O) groups excluding carboxylic acids is 1. The molecule has 98 valence electrons. The van der Waals surface area contributed by atoms with Crippen LogP contribution in [0.15, 0.2) is 24.3 Å². The van der Waals surface area contributed by atoms with Crippen molar-refractivity contribution in [2.45, 2.75) is 38.5 Å². The molecule has 0 bridgehead atoms. The molecule has 0 spiro atoms. The summed E-state index contributed by atoms with van der Waals surface area (Å²) in [4.78, 5) is 11.7. The fourth-order valence-electron chi connectivity index (χ4n) is 2.55. The topological polar surface area (TPSA) is 29.1 Å². The van der Waals surface area contributed by atoms with Gasteiger partial charge in [-0.1, -0.05) is 25.0 Å². The molecule has 0 saturated heterocycles. The molecule has 1 aromatic carbocycles. The summed E-state index contributed by atoms with van der Waals surface area (Å²) in [7, 11) is 0. The van der Waals surface area contributed by atoms with Crippen molar-refractivity contribution in [3.05, 3.63) is 35.6 Å². The third-order valence-corrected chi connectivity index (χ3v) is 3.60. The summed E-state index contributed by atoms with van der Waals surface area (Å²) in [6.45, 7) is 0.636. The highest BCUT2D eigenvalue weighted by Crippen LogP contribution is 2.27. The summed E-state index contributed by atoms with van der Waals surface area (Å²) in [5.41, 5.74) is 1.05. The van der Waals surface area contributed by atoms with Crippen molar-refractivity contribution < 1.29 is 9.18 Å². The minimum Gasteiger partial charge on any atom is -0.356 e. The first-order valence-corrected chi connectivity index (χ1v) is 6.75. The zero-order chi connectivity index (χ0) is 12.8. The molecule has 0 radical (unpaired) electrons. The fourth-order valence-corrected chi connectivity index (χ4v) is 2.55. The Hall–Kier alpha value is -1.38. The lowest BCUT2D eigenvalue weighted by atomic mass is 10.0. The Morgan fingerprint density at radius 3 is 2.56 bits per heavy atom. The Bertz CT molecular complexity index is 382. The van der Waals surface area contributed by atoms with Crippen molar-refractivity contribution >= 4 is 5.91 Å². The molecule has 1 amide bonds. The van der Waals surface area contributed by atoms with Crippen LogP contribution < -0.4 is 5.32 Å². The summed E-state index contributed by atoms with van der Waals surface area (Å²) in [5.74, 6) is 0.531. The standard InChI is InChI=1S/C15H20FNO/c16-14-7-5-12(6-8-14)9-10-17-15(18)11-13-3-1-2-4-13/h5-8,13H,1-4,9-11H2,(H,17,18). The van der Waals surface area contributed by atoms with Crippen LogP contribution in [0.5, 0.6) is 0 Å². The molecule has 0 aliphatic heterocycles. The first-order valence-electron chi connectivity index (χ1n) is 6.75. The Kier molecular flexibility index (Phi) is 4.73. The van der Waals surface area contributed by atoms with Crippen molar-refractivity contribution in [1.82, 2.24) is 5.32 Å². The van der Waals surface area contributed by atoms with E-state index in [4.69, 9.17) is 0 Å². The molecule has 1 aromatic rings. The van der Waals surface area contributed by atoms with Gasteiger partial charge in [0.15, 0.2) is 0 Å². The highest BCUT2D eigenvalue weighted by Gasteiger charge is 2.17. The monoisotopic (exact) mass is 249 g/mol.